The Morgan fingerprint density at radius 2 is 2.12 bits per heavy atom. The fraction of sp³-hybridized carbons (Fsp3) is 0.526. The van der Waals surface area contributed by atoms with Gasteiger partial charge in [0.2, 0.25) is 0 Å². The maximum atomic E-state index is 5.22. The van der Waals surface area contributed by atoms with Crippen molar-refractivity contribution in [3.8, 4) is 11.5 Å². The fourth-order valence-corrected chi connectivity index (χ4v) is 3.18. The third-order valence-electron chi connectivity index (χ3n) is 4.69. The van der Waals surface area contributed by atoms with Crippen LogP contribution in [0.5, 0.6) is 0 Å². The van der Waals surface area contributed by atoms with Crippen molar-refractivity contribution in [2.75, 3.05) is 44.8 Å². The van der Waals surface area contributed by atoms with Gasteiger partial charge in [-0.2, -0.15) is 0 Å². The van der Waals surface area contributed by atoms with E-state index in [2.05, 4.69) is 39.7 Å². The van der Waals surface area contributed by atoms with E-state index >= 15 is 0 Å². The van der Waals surface area contributed by atoms with E-state index in [4.69, 9.17) is 9.72 Å². The zero-order valence-corrected chi connectivity index (χ0v) is 15.4. The van der Waals surface area contributed by atoms with Crippen LogP contribution in [0.1, 0.15) is 19.5 Å². The molecule has 0 saturated carbocycles. The van der Waals surface area contributed by atoms with Crippen LogP contribution in [0.25, 0.3) is 11.5 Å². The highest BCUT2D eigenvalue weighted by Gasteiger charge is 2.25. The van der Waals surface area contributed by atoms with Crippen molar-refractivity contribution < 1.29 is 4.74 Å². The molecule has 1 unspecified atom stereocenters. The first-order chi connectivity index (χ1) is 12.2. The van der Waals surface area contributed by atoms with Gasteiger partial charge >= 0.3 is 0 Å². The lowest BCUT2D eigenvalue weighted by Gasteiger charge is -2.40. The topological polar surface area (TPSA) is 54.4 Å². The second kappa shape index (κ2) is 8.36. The summed E-state index contributed by atoms with van der Waals surface area (Å²) in [5.41, 5.74) is 1.88. The first-order valence-corrected chi connectivity index (χ1v) is 8.98. The number of aromatic nitrogens is 3. The predicted molar refractivity (Wildman–Crippen MR) is 99.8 cm³/mol. The number of rotatable bonds is 6. The van der Waals surface area contributed by atoms with E-state index < -0.39 is 0 Å². The Kier molecular flexibility index (Phi) is 5.94. The third kappa shape index (κ3) is 4.32. The summed E-state index contributed by atoms with van der Waals surface area (Å²) in [6, 6.07) is 8.44. The van der Waals surface area contributed by atoms with Crippen molar-refractivity contribution in [1.82, 2.24) is 19.9 Å². The molecule has 1 fully saturated rings. The Morgan fingerprint density at radius 3 is 2.80 bits per heavy atom. The first-order valence-electron chi connectivity index (χ1n) is 8.98. The molecule has 0 spiro atoms. The van der Waals surface area contributed by atoms with Gasteiger partial charge in [0.15, 0.2) is 5.82 Å². The van der Waals surface area contributed by atoms with Gasteiger partial charge in [-0.1, -0.05) is 13.0 Å². The van der Waals surface area contributed by atoms with Gasteiger partial charge in [0.1, 0.15) is 11.5 Å². The Morgan fingerprint density at radius 1 is 1.24 bits per heavy atom. The maximum Gasteiger partial charge on any atom is 0.180 e. The van der Waals surface area contributed by atoms with Crippen LogP contribution in [0.3, 0.4) is 0 Å². The van der Waals surface area contributed by atoms with Crippen molar-refractivity contribution in [2.24, 2.45) is 0 Å². The van der Waals surface area contributed by atoms with Gasteiger partial charge in [0.05, 0.1) is 6.61 Å². The van der Waals surface area contributed by atoms with Crippen molar-refractivity contribution in [2.45, 2.75) is 26.3 Å². The fourth-order valence-electron chi connectivity index (χ4n) is 3.18. The van der Waals surface area contributed by atoms with Gasteiger partial charge in [0, 0.05) is 57.3 Å². The summed E-state index contributed by atoms with van der Waals surface area (Å²) < 4.78 is 5.22. The molecule has 6 nitrogen and oxygen atoms in total. The van der Waals surface area contributed by atoms with Gasteiger partial charge < -0.3 is 9.64 Å². The van der Waals surface area contributed by atoms with E-state index in [-0.39, 0.29) is 0 Å². The van der Waals surface area contributed by atoms with Gasteiger partial charge in [-0.05, 0) is 25.5 Å². The molecule has 0 aliphatic carbocycles. The molecule has 0 amide bonds. The van der Waals surface area contributed by atoms with Gasteiger partial charge in [-0.3, -0.25) is 9.88 Å². The molecule has 2 aromatic rings. The average Bonchev–Trinajstić information content (AvgIpc) is 2.67. The molecule has 1 aliphatic heterocycles. The van der Waals surface area contributed by atoms with Crippen molar-refractivity contribution in [1.29, 1.82) is 0 Å². The van der Waals surface area contributed by atoms with E-state index in [1.54, 1.807) is 13.3 Å². The van der Waals surface area contributed by atoms with Crippen LogP contribution in [-0.2, 0) is 11.2 Å². The summed E-state index contributed by atoms with van der Waals surface area (Å²) in [6.07, 6.45) is 2.67. The third-order valence-corrected chi connectivity index (χ3v) is 4.69. The van der Waals surface area contributed by atoms with Crippen LogP contribution in [0.15, 0.2) is 30.5 Å². The molecule has 0 radical (unpaired) electrons. The molecular formula is C19H27N5O. The Balaban J connectivity index is 1.80. The normalized spacial score (nSPS) is 18.5. The standard InChI is InChI=1S/C19H27N5O/c1-4-16-13-18(22-19(21-16)17-7-5-6-8-20-17)24-10-9-23(11-12-25-3)15(2)14-24/h5-8,13,15H,4,9-12,14H2,1-3H3. The highest BCUT2D eigenvalue weighted by Crippen LogP contribution is 2.22. The number of nitrogens with zero attached hydrogens (tertiary/aromatic N) is 5. The lowest BCUT2D eigenvalue weighted by Crippen LogP contribution is -2.53. The zero-order valence-electron chi connectivity index (χ0n) is 15.4. The minimum absolute atomic E-state index is 0.474. The number of hydrogen-bond donors (Lipinski definition) is 0. The van der Waals surface area contributed by atoms with Crippen LogP contribution >= 0.6 is 0 Å². The van der Waals surface area contributed by atoms with Crippen LogP contribution in [0, 0.1) is 0 Å². The van der Waals surface area contributed by atoms with Crippen LogP contribution in [-0.4, -0.2) is 65.8 Å². The van der Waals surface area contributed by atoms with Gasteiger partial charge in [0.25, 0.3) is 0 Å². The highest BCUT2D eigenvalue weighted by molar-refractivity contribution is 5.54. The molecule has 0 aromatic carbocycles. The molecule has 1 atom stereocenters. The summed E-state index contributed by atoms with van der Waals surface area (Å²) in [4.78, 5) is 18.7. The van der Waals surface area contributed by atoms with Crippen molar-refractivity contribution in [3.05, 3.63) is 36.2 Å². The SMILES string of the molecule is CCc1cc(N2CCN(CCOC)C(C)C2)nc(-c2ccccn2)n1. The monoisotopic (exact) mass is 341 g/mol. The molecule has 134 valence electrons. The predicted octanol–water partition coefficient (Wildman–Crippen LogP) is 2.26. The Hall–Kier alpha value is -2.05. The van der Waals surface area contributed by atoms with Gasteiger partial charge in [-0.15, -0.1) is 0 Å². The molecular weight excluding hydrogens is 314 g/mol. The molecule has 0 N–H and O–H groups in total. The smallest absolute Gasteiger partial charge is 0.180 e. The zero-order chi connectivity index (χ0) is 17.6. The maximum absolute atomic E-state index is 5.22. The molecule has 3 heterocycles. The Labute approximate surface area is 149 Å². The van der Waals surface area contributed by atoms with Crippen LogP contribution in [0.4, 0.5) is 5.82 Å². The van der Waals surface area contributed by atoms with Crippen LogP contribution < -0.4 is 4.90 Å². The van der Waals surface area contributed by atoms with E-state index in [1.807, 2.05) is 18.2 Å². The lowest BCUT2D eigenvalue weighted by molar-refractivity contribution is 0.117. The second-order valence-corrected chi connectivity index (χ2v) is 6.43. The molecule has 6 heteroatoms. The molecule has 1 aliphatic rings. The number of piperazine rings is 1. The number of anilines is 1. The molecule has 2 aromatic heterocycles. The van der Waals surface area contributed by atoms with E-state index in [0.717, 1.165) is 56.4 Å². The molecule has 0 bridgehead atoms. The van der Waals surface area contributed by atoms with E-state index in [0.29, 0.717) is 11.9 Å². The van der Waals surface area contributed by atoms with Crippen molar-refractivity contribution >= 4 is 5.82 Å². The summed E-state index contributed by atoms with van der Waals surface area (Å²) >= 11 is 0. The molecule has 1 saturated heterocycles. The number of ether oxygens (including phenoxy) is 1. The Bertz CT molecular complexity index is 679. The first kappa shape index (κ1) is 17.8. The largest absolute Gasteiger partial charge is 0.383 e. The minimum Gasteiger partial charge on any atom is -0.383 e. The summed E-state index contributed by atoms with van der Waals surface area (Å²) in [5.74, 6) is 1.72. The minimum atomic E-state index is 0.474. The summed E-state index contributed by atoms with van der Waals surface area (Å²) in [5, 5.41) is 0. The van der Waals surface area contributed by atoms with Gasteiger partial charge in [-0.25, -0.2) is 9.97 Å². The van der Waals surface area contributed by atoms with E-state index in [1.165, 1.54) is 0 Å². The van der Waals surface area contributed by atoms with E-state index in [9.17, 15) is 0 Å². The quantitative estimate of drug-likeness (QED) is 0.803. The average molecular weight is 341 g/mol. The summed E-state index contributed by atoms with van der Waals surface area (Å²) in [7, 11) is 1.76. The highest BCUT2D eigenvalue weighted by atomic mass is 16.5. The number of hydrogen-bond acceptors (Lipinski definition) is 6. The molecule has 3 rings (SSSR count). The second-order valence-electron chi connectivity index (χ2n) is 6.43. The number of methoxy groups -OCH3 is 1. The van der Waals surface area contributed by atoms with Crippen molar-refractivity contribution in [3.63, 3.8) is 0 Å². The number of aryl methyl sites for hydroxylation is 1. The number of pyridine rings is 1. The van der Waals surface area contributed by atoms with Crippen LogP contribution in [0.2, 0.25) is 0 Å². The molecule has 25 heavy (non-hydrogen) atoms. The summed E-state index contributed by atoms with van der Waals surface area (Å²) in [6.45, 7) is 9.11. The lowest BCUT2D eigenvalue weighted by atomic mass is 10.2.